The third-order valence-corrected chi connectivity index (χ3v) is 2.13. The van der Waals surface area contributed by atoms with Gasteiger partial charge in [0.15, 0.2) is 0 Å². The summed E-state index contributed by atoms with van der Waals surface area (Å²) in [6.07, 6.45) is -4.94. The van der Waals surface area contributed by atoms with Crippen LogP contribution in [0.2, 0.25) is 0 Å². The minimum absolute atomic E-state index is 0.366. The van der Waals surface area contributed by atoms with Gasteiger partial charge in [-0.3, -0.25) is 0 Å². The van der Waals surface area contributed by atoms with E-state index in [9.17, 15) is 15.3 Å². The molecule has 0 aromatic heterocycles. The second-order valence-electron chi connectivity index (χ2n) is 3.03. The number of hydrogen-bond donors (Lipinski definition) is 4. The fraction of sp³-hybridized carbons (Fsp3) is 1.00. The summed E-state index contributed by atoms with van der Waals surface area (Å²) in [5.41, 5.74) is 0. The third kappa shape index (κ3) is 1.60. The fourth-order valence-electron chi connectivity index (χ4n) is 1.29. The second kappa shape index (κ2) is 3.68. The van der Waals surface area contributed by atoms with E-state index in [4.69, 9.17) is 9.84 Å². The van der Waals surface area contributed by atoms with Gasteiger partial charge in [-0.25, -0.2) is 0 Å². The Balaban J connectivity index is 2.63. The average Bonchev–Trinajstić information content (AvgIpc) is 2.08. The normalized spacial score (nSPS) is 49.2. The highest BCUT2D eigenvalue weighted by molar-refractivity contribution is 4.89. The zero-order chi connectivity index (χ0) is 9.30. The van der Waals surface area contributed by atoms with Gasteiger partial charge in [-0.2, -0.15) is 0 Å². The summed E-state index contributed by atoms with van der Waals surface area (Å²) in [4.78, 5) is 0. The molecule has 5 atom stereocenters. The van der Waals surface area contributed by atoms with Crippen molar-refractivity contribution in [1.29, 1.82) is 0 Å². The Morgan fingerprint density at radius 2 is 1.67 bits per heavy atom. The summed E-state index contributed by atoms with van der Waals surface area (Å²) in [5, 5.41) is 36.4. The Hall–Kier alpha value is -0.200. The highest BCUT2D eigenvalue weighted by Crippen LogP contribution is 2.20. The molecule has 0 amide bonds. The van der Waals surface area contributed by atoms with Crippen molar-refractivity contribution < 1.29 is 25.2 Å². The first-order valence-electron chi connectivity index (χ1n) is 3.88. The van der Waals surface area contributed by atoms with Crippen LogP contribution in [-0.2, 0) is 4.74 Å². The van der Waals surface area contributed by atoms with Gasteiger partial charge in [0.1, 0.15) is 24.4 Å². The average molecular weight is 178 g/mol. The first-order valence-corrected chi connectivity index (χ1v) is 3.88. The molecule has 1 rings (SSSR count). The molecule has 1 aliphatic heterocycles. The predicted octanol–water partition coefficient (Wildman–Crippen LogP) is -2.15. The summed E-state index contributed by atoms with van der Waals surface area (Å²) in [7, 11) is 0. The van der Waals surface area contributed by atoms with E-state index in [-0.39, 0.29) is 6.61 Å². The molecule has 0 aromatic rings. The quantitative estimate of drug-likeness (QED) is 0.367. The van der Waals surface area contributed by atoms with Crippen LogP contribution in [0.1, 0.15) is 6.92 Å². The maximum Gasteiger partial charge on any atom is 0.111 e. The number of aliphatic hydroxyl groups excluding tert-OH is 4. The Morgan fingerprint density at radius 3 is 2.17 bits per heavy atom. The minimum atomic E-state index is -1.24. The lowest BCUT2D eigenvalue weighted by atomic mass is 9.96. The molecule has 0 saturated carbocycles. The van der Waals surface area contributed by atoms with Crippen molar-refractivity contribution in [3.63, 3.8) is 0 Å². The Labute approximate surface area is 70.2 Å². The monoisotopic (exact) mass is 178 g/mol. The summed E-state index contributed by atoms with van der Waals surface area (Å²) < 4.78 is 5.02. The lowest BCUT2D eigenvalue weighted by molar-refractivity contribution is -0.224. The van der Waals surface area contributed by atoms with E-state index in [1.165, 1.54) is 0 Å². The molecule has 4 N–H and O–H groups in total. The van der Waals surface area contributed by atoms with E-state index in [1.54, 1.807) is 6.92 Å². The van der Waals surface area contributed by atoms with Crippen LogP contribution in [0.3, 0.4) is 0 Å². The summed E-state index contributed by atoms with van der Waals surface area (Å²) >= 11 is 0. The maximum absolute atomic E-state index is 9.23. The summed E-state index contributed by atoms with van der Waals surface area (Å²) in [6, 6.07) is 0. The molecule has 5 heteroatoms. The molecule has 0 radical (unpaired) electrons. The van der Waals surface area contributed by atoms with Crippen molar-refractivity contribution in [3.8, 4) is 0 Å². The highest BCUT2D eigenvalue weighted by Gasteiger charge is 2.41. The molecule has 0 aliphatic carbocycles. The van der Waals surface area contributed by atoms with E-state index in [0.717, 1.165) is 0 Å². The lowest BCUT2D eigenvalue weighted by Gasteiger charge is -2.38. The van der Waals surface area contributed by atoms with E-state index >= 15 is 0 Å². The van der Waals surface area contributed by atoms with Crippen LogP contribution >= 0.6 is 0 Å². The predicted molar refractivity (Wildman–Crippen MR) is 39.4 cm³/mol. The first-order chi connectivity index (χ1) is 5.57. The van der Waals surface area contributed by atoms with Crippen molar-refractivity contribution in [3.05, 3.63) is 0 Å². The van der Waals surface area contributed by atoms with Gasteiger partial charge >= 0.3 is 0 Å². The molecule has 0 unspecified atom stereocenters. The molecule has 1 fully saturated rings. The van der Waals surface area contributed by atoms with E-state index < -0.39 is 30.5 Å². The van der Waals surface area contributed by atoms with Crippen LogP contribution in [0.25, 0.3) is 0 Å². The van der Waals surface area contributed by atoms with Gasteiger partial charge in [-0.05, 0) is 6.92 Å². The SMILES string of the molecule is C[C@H]1O[C@@H](CO)[C@@H](O)[C@@H](O)[C@@H]1O. The zero-order valence-electron chi connectivity index (χ0n) is 6.79. The van der Waals surface area contributed by atoms with Gasteiger partial charge in [0.2, 0.25) is 0 Å². The molecule has 0 spiro atoms. The van der Waals surface area contributed by atoms with Crippen LogP contribution in [0.5, 0.6) is 0 Å². The molecule has 0 aromatic carbocycles. The molecule has 5 nitrogen and oxygen atoms in total. The minimum Gasteiger partial charge on any atom is -0.394 e. The van der Waals surface area contributed by atoms with Gasteiger partial charge in [0.05, 0.1) is 12.7 Å². The third-order valence-electron chi connectivity index (χ3n) is 2.13. The van der Waals surface area contributed by atoms with Crippen molar-refractivity contribution in [1.82, 2.24) is 0 Å². The molecule has 72 valence electrons. The first kappa shape index (κ1) is 9.88. The Morgan fingerprint density at radius 1 is 1.08 bits per heavy atom. The van der Waals surface area contributed by atoms with Gasteiger partial charge < -0.3 is 25.2 Å². The van der Waals surface area contributed by atoms with Crippen LogP contribution in [0, 0.1) is 0 Å². The molecule has 1 saturated heterocycles. The van der Waals surface area contributed by atoms with Crippen molar-refractivity contribution in [2.75, 3.05) is 6.61 Å². The molecular formula is C7H14O5. The molecule has 12 heavy (non-hydrogen) atoms. The highest BCUT2D eigenvalue weighted by atomic mass is 16.5. The van der Waals surface area contributed by atoms with Gasteiger partial charge in [-0.1, -0.05) is 0 Å². The van der Waals surface area contributed by atoms with Crippen LogP contribution in [-0.4, -0.2) is 57.6 Å². The van der Waals surface area contributed by atoms with Crippen molar-refractivity contribution in [2.45, 2.75) is 37.4 Å². The number of hydrogen-bond acceptors (Lipinski definition) is 5. The van der Waals surface area contributed by atoms with Crippen molar-refractivity contribution >= 4 is 0 Å². The smallest absolute Gasteiger partial charge is 0.111 e. The van der Waals surface area contributed by atoms with Crippen LogP contribution in [0.15, 0.2) is 0 Å². The maximum atomic E-state index is 9.23. The summed E-state index contributed by atoms with van der Waals surface area (Å²) in [5.74, 6) is 0. The molecular weight excluding hydrogens is 164 g/mol. The van der Waals surface area contributed by atoms with Gasteiger partial charge in [0, 0.05) is 0 Å². The zero-order valence-corrected chi connectivity index (χ0v) is 6.79. The van der Waals surface area contributed by atoms with Gasteiger partial charge in [0.25, 0.3) is 0 Å². The van der Waals surface area contributed by atoms with Crippen LogP contribution < -0.4 is 0 Å². The number of aliphatic hydroxyl groups is 4. The Kier molecular flexibility index (Phi) is 3.03. The summed E-state index contributed by atoms with van der Waals surface area (Å²) in [6.45, 7) is 1.21. The molecule has 1 aliphatic rings. The van der Waals surface area contributed by atoms with Crippen molar-refractivity contribution in [2.24, 2.45) is 0 Å². The molecule has 1 heterocycles. The topological polar surface area (TPSA) is 90.2 Å². The second-order valence-corrected chi connectivity index (χ2v) is 3.03. The Bertz CT molecular complexity index is 146. The fourth-order valence-corrected chi connectivity index (χ4v) is 1.29. The van der Waals surface area contributed by atoms with Crippen LogP contribution in [0.4, 0.5) is 0 Å². The standard InChI is InChI=1S/C7H14O5/c1-3-5(9)7(11)6(10)4(2-8)12-3/h3-11H,2H2,1H3/t3-,4+,5-,6-,7+/m1/s1. The lowest BCUT2D eigenvalue weighted by Crippen LogP contribution is -2.57. The molecule has 0 bridgehead atoms. The number of rotatable bonds is 1. The largest absolute Gasteiger partial charge is 0.394 e. The van der Waals surface area contributed by atoms with E-state index in [0.29, 0.717) is 0 Å². The van der Waals surface area contributed by atoms with Gasteiger partial charge in [-0.15, -0.1) is 0 Å². The van der Waals surface area contributed by atoms with E-state index in [1.807, 2.05) is 0 Å². The van der Waals surface area contributed by atoms with E-state index in [2.05, 4.69) is 0 Å². The number of ether oxygens (including phenoxy) is 1.